The van der Waals surface area contributed by atoms with Gasteiger partial charge in [-0.1, -0.05) is 13.8 Å². The normalized spacial score (nSPS) is 15.8. The molecule has 2 unspecified atom stereocenters. The highest BCUT2D eigenvalue weighted by molar-refractivity contribution is 4.68. The van der Waals surface area contributed by atoms with Crippen LogP contribution in [-0.4, -0.2) is 66.5 Å². The lowest BCUT2D eigenvalue weighted by Crippen LogP contribution is -2.41. The van der Waals surface area contributed by atoms with Crippen LogP contribution < -0.4 is 5.32 Å². The van der Waals surface area contributed by atoms with E-state index in [9.17, 15) is 13.9 Å². The van der Waals surface area contributed by atoms with Crippen LogP contribution in [0.5, 0.6) is 0 Å². The zero-order valence-electron chi connectivity index (χ0n) is 9.87. The van der Waals surface area contributed by atoms with Crippen molar-refractivity contribution in [1.82, 2.24) is 10.2 Å². The lowest BCUT2D eigenvalue weighted by molar-refractivity contribution is -0.00507. The van der Waals surface area contributed by atoms with Crippen LogP contribution in [0.1, 0.15) is 13.8 Å². The third-order valence-corrected chi connectivity index (χ3v) is 2.39. The Morgan fingerprint density at radius 2 is 1.69 bits per heavy atom. The molecule has 0 rings (SSSR count). The van der Waals surface area contributed by atoms with Gasteiger partial charge in [0, 0.05) is 19.6 Å². The van der Waals surface area contributed by atoms with Crippen molar-refractivity contribution in [3.8, 4) is 0 Å². The Labute approximate surface area is 95.3 Å². The molecule has 0 aromatic rings. The topological polar surface area (TPSA) is 55.7 Å². The molecule has 3 N–H and O–H groups in total. The van der Waals surface area contributed by atoms with Crippen molar-refractivity contribution >= 4 is 0 Å². The maximum Gasteiger partial charge on any atom is 0.265 e. The SMILES string of the molecule is CCN(CC)CC(O)CNCC(O)C(F)F. The molecule has 0 bridgehead atoms. The molecule has 0 saturated carbocycles. The summed E-state index contributed by atoms with van der Waals surface area (Å²) in [6, 6.07) is 0. The summed E-state index contributed by atoms with van der Waals surface area (Å²) in [7, 11) is 0. The minimum absolute atomic E-state index is 0.201. The van der Waals surface area contributed by atoms with E-state index in [4.69, 9.17) is 5.11 Å². The van der Waals surface area contributed by atoms with E-state index in [0.717, 1.165) is 13.1 Å². The van der Waals surface area contributed by atoms with Gasteiger partial charge in [0.05, 0.1) is 6.10 Å². The van der Waals surface area contributed by atoms with Crippen molar-refractivity contribution in [2.45, 2.75) is 32.5 Å². The van der Waals surface area contributed by atoms with Crippen LogP contribution in [0, 0.1) is 0 Å². The number of nitrogens with one attached hydrogen (secondary N) is 1. The molecule has 0 aromatic carbocycles. The summed E-state index contributed by atoms with van der Waals surface area (Å²) < 4.78 is 23.8. The fourth-order valence-corrected chi connectivity index (χ4v) is 1.33. The molecule has 0 spiro atoms. The summed E-state index contributed by atoms with van der Waals surface area (Å²) in [5.74, 6) is 0. The maximum atomic E-state index is 11.9. The van der Waals surface area contributed by atoms with Crippen molar-refractivity contribution in [2.75, 3.05) is 32.7 Å². The van der Waals surface area contributed by atoms with Crippen molar-refractivity contribution in [3.63, 3.8) is 0 Å². The van der Waals surface area contributed by atoms with E-state index >= 15 is 0 Å². The van der Waals surface area contributed by atoms with E-state index in [2.05, 4.69) is 5.32 Å². The highest BCUT2D eigenvalue weighted by Crippen LogP contribution is 1.98. The summed E-state index contributed by atoms with van der Waals surface area (Å²) in [6.45, 7) is 6.17. The number of alkyl halides is 2. The molecule has 2 atom stereocenters. The van der Waals surface area contributed by atoms with Gasteiger partial charge >= 0.3 is 0 Å². The van der Waals surface area contributed by atoms with Crippen LogP contribution in [0.2, 0.25) is 0 Å². The Kier molecular flexibility index (Phi) is 8.64. The van der Waals surface area contributed by atoms with Crippen LogP contribution >= 0.6 is 0 Å². The van der Waals surface area contributed by atoms with E-state index in [1.54, 1.807) is 0 Å². The summed E-state index contributed by atoms with van der Waals surface area (Å²) in [5, 5.41) is 21.0. The van der Waals surface area contributed by atoms with E-state index in [1.807, 2.05) is 18.7 Å². The molecule has 0 fully saturated rings. The zero-order valence-corrected chi connectivity index (χ0v) is 9.87. The summed E-state index contributed by atoms with van der Waals surface area (Å²) >= 11 is 0. The van der Waals surface area contributed by atoms with Gasteiger partial charge in [-0.2, -0.15) is 0 Å². The first kappa shape index (κ1) is 15.7. The Morgan fingerprint density at radius 3 is 2.12 bits per heavy atom. The second kappa shape index (κ2) is 8.81. The summed E-state index contributed by atoms with van der Waals surface area (Å²) in [4.78, 5) is 2.04. The van der Waals surface area contributed by atoms with Gasteiger partial charge in [0.2, 0.25) is 0 Å². The van der Waals surface area contributed by atoms with Gasteiger partial charge in [-0.25, -0.2) is 8.78 Å². The first-order chi connectivity index (χ1) is 7.51. The fourth-order valence-electron chi connectivity index (χ4n) is 1.33. The lowest BCUT2D eigenvalue weighted by atomic mass is 10.3. The van der Waals surface area contributed by atoms with Gasteiger partial charge in [-0.15, -0.1) is 0 Å². The van der Waals surface area contributed by atoms with Crippen LogP contribution in [0.25, 0.3) is 0 Å². The number of aliphatic hydroxyl groups is 2. The van der Waals surface area contributed by atoms with E-state index < -0.39 is 18.6 Å². The number of aliphatic hydroxyl groups excluding tert-OH is 2. The molecule has 0 saturated heterocycles. The molecule has 0 aliphatic rings. The molecule has 0 heterocycles. The summed E-state index contributed by atoms with van der Waals surface area (Å²) in [5.41, 5.74) is 0. The van der Waals surface area contributed by atoms with Gasteiger partial charge < -0.3 is 20.4 Å². The monoisotopic (exact) mass is 240 g/mol. The largest absolute Gasteiger partial charge is 0.390 e. The quantitative estimate of drug-likeness (QED) is 0.527. The van der Waals surface area contributed by atoms with Crippen molar-refractivity contribution in [2.24, 2.45) is 0 Å². The lowest BCUT2D eigenvalue weighted by Gasteiger charge is -2.22. The molecule has 16 heavy (non-hydrogen) atoms. The Bertz CT molecular complexity index is 169. The third kappa shape index (κ3) is 7.05. The Balaban J connectivity index is 3.61. The average molecular weight is 240 g/mol. The van der Waals surface area contributed by atoms with Crippen LogP contribution in [0.3, 0.4) is 0 Å². The van der Waals surface area contributed by atoms with Crippen molar-refractivity contribution < 1.29 is 19.0 Å². The van der Waals surface area contributed by atoms with Crippen LogP contribution in [0.4, 0.5) is 8.78 Å². The maximum absolute atomic E-state index is 11.9. The molecule has 0 aromatic heterocycles. The van der Waals surface area contributed by atoms with Crippen LogP contribution in [0.15, 0.2) is 0 Å². The molecular weight excluding hydrogens is 218 g/mol. The average Bonchev–Trinajstić information content (AvgIpc) is 2.25. The predicted molar refractivity (Wildman–Crippen MR) is 58.7 cm³/mol. The number of halogens is 2. The van der Waals surface area contributed by atoms with E-state index in [-0.39, 0.29) is 13.1 Å². The molecule has 0 radical (unpaired) electrons. The van der Waals surface area contributed by atoms with Crippen molar-refractivity contribution in [3.05, 3.63) is 0 Å². The van der Waals surface area contributed by atoms with Crippen LogP contribution in [-0.2, 0) is 0 Å². The molecule has 0 amide bonds. The number of likely N-dealkylation sites (N-methyl/N-ethyl adjacent to an activating group) is 1. The fraction of sp³-hybridized carbons (Fsp3) is 1.00. The van der Waals surface area contributed by atoms with Gasteiger partial charge in [0.1, 0.15) is 6.10 Å². The number of rotatable bonds is 9. The zero-order chi connectivity index (χ0) is 12.6. The molecule has 4 nitrogen and oxygen atoms in total. The Hall–Kier alpha value is -0.300. The minimum Gasteiger partial charge on any atom is -0.390 e. The van der Waals surface area contributed by atoms with E-state index in [0.29, 0.717) is 6.54 Å². The predicted octanol–water partition coefficient (Wildman–Crippen LogP) is -0.0953. The second-order valence-corrected chi connectivity index (χ2v) is 3.70. The highest BCUT2D eigenvalue weighted by Gasteiger charge is 2.16. The Morgan fingerprint density at radius 1 is 1.12 bits per heavy atom. The summed E-state index contributed by atoms with van der Waals surface area (Å²) in [6.07, 6.45) is -5.02. The molecule has 6 heteroatoms. The molecule has 0 aliphatic heterocycles. The first-order valence-electron chi connectivity index (χ1n) is 5.58. The third-order valence-electron chi connectivity index (χ3n) is 2.39. The first-order valence-corrected chi connectivity index (χ1v) is 5.58. The molecule has 98 valence electrons. The minimum atomic E-state index is -2.74. The molecular formula is C10H22F2N2O2. The van der Waals surface area contributed by atoms with Gasteiger partial charge in [0.15, 0.2) is 0 Å². The van der Waals surface area contributed by atoms with Crippen molar-refractivity contribution in [1.29, 1.82) is 0 Å². The smallest absolute Gasteiger partial charge is 0.265 e. The van der Waals surface area contributed by atoms with Gasteiger partial charge in [-0.05, 0) is 13.1 Å². The number of hydrogen-bond acceptors (Lipinski definition) is 4. The second-order valence-electron chi connectivity index (χ2n) is 3.70. The van der Waals surface area contributed by atoms with Gasteiger partial charge in [0.25, 0.3) is 6.43 Å². The standard InChI is InChI=1S/C10H22F2N2O2/c1-3-14(4-2)7-8(15)5-13-6-9(16)10(11)12/h8-10,13,15-16H,3-7H2,1-2H3. The van der Waals surface area contributed by atoms with Gasteiger partial charge in [-0.3, -0.25) is 0 Å². The number of hydrogen-bond donors (Lipinski definition) is 3. The molecule has 0 aliphatic carbocycles. The number of nitrogens with zero attached hydrogens (tertiary/aromatic N) is 1. The van der Waals surface area contributed by atoms with E-state index in [1.165, 1.54) is 0 Å². The highest BCUT2D eigenvalue weighted by atomic mass is 19.3.